The van der Waals surface area contributed by atoms with Crippen molar-refractivity contribution in [2.45, 2.75) is 51.0 Å². The maximum absolute atomic E-state index is 13.4. The Hall–Kier alpha value is -2.28. The summed E-state index contributed by atoms with van der Waals surface area (Å²) in [5, 5.41) is 11.2. The molecule has 0 bridgehead atoms. The number of hydrogen-bond donors (Lipinski definition) is 1. The third-order valence-electron chi connectivity index (χ3n) is 5.69. The van der Waals surface area contributed by atoms with Gasteiger partial charge in [-0.05, 0) is 30.4 Å². The number of benzene rings is 1. The number of amides is 2. The summed E-state index contributed by atoms with van der Waals surface area (Å²) >= 11 is 1.30. The van der Waals surface area contributed by atoms with E-state index in [9.17, 15) is 9.59 Å². The molecule has 1 spiro atoms. The summed E-state index contributed by atoms with van der Waals surface area (Å²) < 4.78 is 0. The molecule has 7 heteroatoms. The van der Waals surface area contributed by atoms with Crippen LogP contribution in [0.5, 0.6) is 0 Å². The van der Waals surface area contributed by atoms with Crippen molar-refractivity contribution >= 4 is 28.3 Å². The van der Waals surface area contributed by atoms with Gasteiger partial charge in [-0.2, -0.15) is 0 Å². The number of nitrogens with one attached hydrogen (secondary N) is 1. The molecular formula is C20H24N4O2S. The van der Waals surface area contributed by atoms with Crippen molar-refractivity contribution in [1.82, 2.24) is 15.1 Å². The highest BCUT2D eigenvalue weighted by atomic mass is 32.1. The molecule has 1 aromatic heterocycles. The van der Waals surface area contributed by atoms with E-state index in [1.807, 2.05) is 29.2 Å². The molecule has 1 saturated carbocycles. The van der Waals surface area contributed by atoms with Crippen molar-refractivity contribution in [3.63, 3.8) is 0 Å². The first-order valence-corrected chi connectivity index (χ1v) is 10.4. The van der Waals surface area contributed by atoms with Crippen molar-refractivity contribution in [2.24, 2.45) is 5.92 Å². The van der Waals surface area contributed by atoms with Crippen LogP contribution in [0.2, 0.25) is 0 Å². The highest BCUT2D eigenvalue weighted by Crippen LogP contribution is 2.50. The highest BCUT2D eigenvalue weighted by molar-refractivity contribution is 7.13. The van der Waals surface area contributed by atoms with E-state index in [0.29, 0.717) is 23.2 Å². The van der Waals surface area contributed by atoms with Crippen LogP contribution >= 0.6 is 11.3 Å². The standard InChI is InChI=1S/C20H24N4O2S/c1-13(2)11-24-18(26)15-8-4-3-7-14(15)16(20(24)9-5-6-10-20)17(25)22-19-23-21-12-27-19/h3-4,7-8,12-13,16H,5-6,9-11H2,1-2H3,(H,22,23,25)/t16-/m1/s1. The molecule has 1 fully saturated rings. The van der Waals surface area contributed by atoms with Crippen molar-refractivity contribution in [2.75, 3.05) is 11.9 Å². The van der Waals surface area contributed by atoms with Gasteiger partial charge >= 0.3 is 0 Å². The average molecular weight is 385 g/mol. The van der Waals surface area contributed by atoms with Gasteiger partial charge in [0, 0.05) is 12.1 Å². The predicted molar refractivity (Wildman–Crippen MR) is 105 cm³/mol. The van der Waals surface area contributed by atoms with E-state index in [4.69, 9.17) is 0 Å². The van der Waals surface area contributed by atoms with Gasteiger partial charge in [-0.3, -0.25) is 14.9 Å². The maximum Gasteiger partial charge on any atom is 0.254 e. The maximum atomic E-state index is 13.4. The normalized spacial score (nSPS) is 20.9. The Morgan fingerprint density at radius 2 is 2.07 bits per heavy atom. The molecule has 1 aliphatic carbocycles. The Labute approximate surface area is 163 Å². The van der Waals surface area contributed by atoms with Gasteiger partial charge in [0.25, 0.3) is 5.91 Å². The number of nitrogens with zero attached hydrogens (tertiary/aromatic N) is 3. The summed E-state index contributed by atoms with van der Waals surface area (Å²) in [6, 6.07) is 7.57. The Bertz CT molecular complexity index is 843. The molecule has 27 heavy (non-hydrogen) atoms. The first kappa shape index (κ1) is 18.1. The zero-order valence-electron chi connectivity index (χ0n) is 15.6. The van der Waals surface area contributed by atoms with Crippen LogP contribution in [-0.4, -0.2) is 39.0 Å². The lowest BCUT2D eigenvalue weighted by Gasteiger charge is -2.50. The molecule has 1 aromatic carbocycles. The predicted octanol–water partition coefficient (Wildman–Crippen LogP) is 3.69. The summed E-state index contributed by atoms with van der Waals surface area (Å²) in [6.07, 6.45) is 3.78. The van der Waals surface area contributed by atoms with Crippen LogP contribution in [0.15, 0.2) is 29.8 Å². The molecule has 1 atom stereocenters. The fraction of sp³-hybridized carbons (Fsp3) is 0.500. The lowest BCUT2D eigenvalue weighted by atomic mass is 9.70. The number of carbonyl (C=O) groups excluding carboxylic acids is 2. The quantitative estimate of drug-likeness (QED) is 0.872. The van der Waals surface area contributed by atoms with Crippen LogP contribution in [0.4, 0.5) is 5.13 Å². The zero-order chi connectivity index (χ0) is 19.0. The summed E-state index contributed by atoms with van der Waals surface area (Å²) in [6.45, 7) is 4.90. The van der Waals surface area contributed by atoms with Crippen molar-refractivity contribution in [1.29, 1.82) is 0 Å². The minimum absolute atomic E-state index is 0.0566. The van der Waals surface area contributed by atoms with Crippen molar-refractivity contribution in [3.05, 3.63) is 40.9 Å². The number of anilines is 1. The van der Waals surface area contributed by atoms with Crippen molar-refractivity contribution < 1.29 is 9.59 Å². The van der Waals surface area contributed by atoms with Gasteiger partial charge < -0.3 is 4.90 Å². The molecule has 0 unspecified atom stereocenters. The van der Waals surface area contributed by atoms with Crippen LogP contribution in [-0.2, 0) is 4.79 Å². The van der Waals surface area contributed by atoms with E-state index in [0.717, 1.165) is 31.2 Å². The minimum Gasteiger partial charge on any atom is -0.332 e. The van der Waals surface area contributed by atoms with E-state index >= 15 is 0 Å². The zero-order valence-corrected chi connectivity index (χ0v) is 16.5. The molecule has 2 heterocycles. The van der Waals surface area contributed by atoms with Gasteiger partial charge in [-0.15, -0.1) is 10.2 Å². The Kier molecular flexibility index (Phi) is 4.72. The minimum atomic E-state index is -0.454. The van der Waals surface area contributed by atoms with Crippen LogP contribution < -0.4 is 5.32 Å². The first-order chi connectivity index (χ1) is 13.0. The first-order valence-electron chi connectivity index (χ1n) is 9.51. The lowest BCUT2D eigenvalue weighted by Crippen LogP contribution is -2.60. The van der Waals surface area contributed by atoms with Gasteiger partial charge in [-0.25, -0.2) is 0 Å². The molecule has 1 N–H and O–H groups in total. The number of carbonyl (C=O) groups is 2. The van der Waals surface area contributed by atoms with Gasteiger partial charge in [-0.1, -0.05) is 56.2 Å². The van der Waals surface area contributed by atoms with E-state index in [-0.39, 0.29) is 11.8 Å². The Balaban J connectivity index is 1.83. The van der Waals surface area contributed by atoms with E-state index < -0.39 is 11.5 Å². The molecule has 6 nitrogen and oxygen atoms in total. The monoisotopic (exact) mass is 384 g/mol. The van der Waals surface area contributed by atoms with E-state index in [2.05, 4.69) is 29.4 Å². The number of hydrogen-bond acceptors (Lipinski definition) is 5. The second kappa shape index (κ2) is 7.03. The van der Waals surface area contributed by atoms with Gasteiger partial charge in [0.1, 0.15) is 5.51 Å². The van der Waals surface area contributed by atoms with Crippen LogP contribution in [0.1, 0.15) is 61.4 Å². The summed E-state index contributed by atoms with van der Waals surface area (Å²) in [4.78, 5) is 28.8. The topological polar surface area (TPSA) is 75.2 Å². The van der Waals surface area contributed by atoms with Gasteiger partial charge in [0.15, 0.2) is 0 Å². The third-order valence-corrected chi connectivity index (χ3v) is 6.30. The van der Waals surface area contributed by atoms with Gasteiger partial charge in [0.2, 0.25) is 11.0 Å². The number of rotatable bonds is 4. The fourth-order valence-corrected chi connectivity index (χ4v) is 5.15. The van der Waals surface area contributed by atoms with E-state index in [1.165, 1.54) is 11.3 Å². The molecular weight excluding hydrogens is 360 g/mol. The Morgan fingerprint density at radius 1 is 1.33 bits per heavy atom. The highest BCUT2D eigenvalue weighted by Gasteiger charge is 2.55. The Morgan fingerprint density at radius 3 is 2.74 bits per heavy atom. The molecule has 2 amide bonds. The fourth-order valence-electron chi connectivity index (χ4n) is 4.70. The van der Waals surface area contributed by atoms with Crippen LogP contribution in [0.3, 0.4) is 0 Å². The molecule has 0 saturated heterocycles. The molecule has 2 aliphatic rings. The molecule has 2 aromatic rings. The third kappa shape index (κ3) is 3.04. The summed E-state index contributed by atoms with van der Waals surface area (Å²) in [7, 11) is 0. The van der Waals surface area contributed by atoms with Crippen molar-refractivity contribution in [3.8, 4) is 0 Å². The molecule has 142 valence electrons. The molecule has 0 radical (unpaired) electrons. The lowest BCUT2D eigenvalue weighted by molar-refractivity contribution is -0.121. The second-order valence-corrected chi connectivity index (χ2v) is 8.71. The summed E-state index contributed by atoms with van der Waals surface area (Å²) in [5.41, 5.74) is 2.63. The molecule has 1 aliphatic heterocycles. The van der Waals surface area contributed by atoms with Gasteiger partial charge in [0.05, 0.1) is 11.5 Å². The van der Waals surface area contributed by atoms with E-state index in [1.54, 1.807) is 5.51 Å². The van der Waals surface area contributed by atoms with Crippen LogP contribution in [0.25, 0.3) is 0 Å². The number of fused-ring (bicyclic) bond motifs is 1. The SMILES string of the molecule is CC(C)CN1C(=O)c2ccccc2[C@H](C(=O)Nc2nncs2)C12CCCC2. The van der Waals surface area contributed by atoms with Crippen LogP contribution in [0, 0.1) is 5.92 Å². The summed E-state index contributed by atoms with van der Waals surface area (Å²) in [5.74, 6) is -0.0939. The largest absolute Gasteiger partial charge is 0.332 e. The second-order valence-electron chi connectivity index (χ2n) is 7.87. The average Bonchev–Trinajstić information content (AvgIpc) is 3.32. The number of aromatic nitrogens is 2. The molecule has 4 rings (SSSR count). The smallest absolute Gasteiger partial charge is 0.254 e.